The van der Waals surface area contributed by atoms with Crippen molar-refractivity contribution in [1.82, 2.24) is 0 Å². The van der Waals surface area contributed by atoms with Crippen molar-refractivity contribution in [3.8, 4) is 0 Å². The average Bonchev–Trinajstić information content (AvgIpc) is 2.52. The Morgan fingerprint density at radius 3 is 1.08 bits per heavy atom. The summed E-state index contributed by atoms with van der Waals surface area (Å²) in [5.74, 6) is 0. The third kappa shape index (κ3) is 32.6. The van der Waals surface area contributed by atoms with Crippen LogP contribution in [0.2, 0.25) is 0 Å². The van der Waals surface area contributed by atoms with Crippen LogP contribution in [0.5, 0.6) is 0 Å². The van der Waals surface area contributed by atoms with Crippen molar-refractivity contribution in [2.24, 2.45) is 0 Å². The van der Waals surface area contributed by atoms with Gasteiger partial charge in [0.05, 0.1) is 0 Å². The molecule has 26 heavy (non-hydrogen) atoms. The topological polar surface area (TPSA) is 134 Å². The van der Waals surface area contributed by atoms with E-state index in [1.54, 1.807) is 0 Å². The summed E-state index contributed by atoms with van der Waals surface area (Å²) in [5.41, 5.74) is 0. The van der Waals surface area contributed by atoms with Crippen molar-refractivity contribution < 1.29 is 25.6 Å². The molecule has 0 amide bonds. The predicted molar refractivity (Wildman–Crippen MR) is 100 cm³/mol. The van der Waals surface area contributed by atoms with E-state index < -0.39 is 40.1 Å². The molecule has 0 saturated heterocycles. The van der Waals surface area contributed by atoms with E-state index in [0.717, 1.165) is 38.5 Å². The number of hydrogen-bond donors (Lipinski definition) is 4. The molecule has 0 radical (unpaired) electrons. The molecule has 0 bridgehead atoms. The van der Waals surface area contributed by atoms with Gasteiger partial charge in [-0.2, -0.15) is 0 Å². The molecule has 0 aromatic carbocycles. The molecule has 0 saturated carbocycles. The van der Waals surface area contributed by atoms with Crippen LogP contribution in [-0.2, 0) is 12.1 Å². The number of unbranched alkanes of at least 4 members (excludes halogenated alkanes) is 10. The molecule has 0 atom stereocenters. The van der Waals surface area contributed by atoms with Crippen LogP contribution in [0.25, 0.3) is 0 Å². The summed E-state index contributed by atoms with van der Waals surface area (Å²) in [4.78, 5) is 0. The monoisotopic (exact) mass is 600 g/mol. The summed E-state index contributed by atoms with van der Waals surface area (Å²) >= 11 is -10.1. The van der Waals surface area contributed by atoms with E-state index in [1.807, 2.05) is 0 Å². The quantitative estimate of drug-likeness (QED) is 0.157. The fourth-order valence-electron chi connectivity index (χ4n) is 2.13. The third-order valence-electron chi connectivity index (χ3n) is 3.51. The summed E-state index contributed by atoms with van der Waals surface area (Å²) in [6, 6.07) is 0. The predicted octanol–water partition coefficient (Wildman–Crippen LogP) is 2.43. The molecular weight excluding hydrogens is 564 g/mol. The Morgan fingerprint density at radius 1 is 0.538 bits per heavy atom. The van der Waals surface area contributed by atoms with Crippen molar-refractivity contribution in [3.05, 3.63) is 0 Å². The van der Waals surface area contributed by atoms with Crippen molar-refractivity contribution in [2.45, 2.75) is 90.9 Å². The van der Waals surface area contributed by atoms with Gasteiger partial charge in [-0.15, -0.1) is 0 Å². The van der Waals surface area contributed by atoms with Crippen molar-refractivity contribution >= 4 is 40.1 Å². The van der Waals surface area contributed by atoms with Crippen LogP contribution in [0.1, 0.15) is 90.9 Å². The molecule has 0 aromatic rings. The van der Waals surface area contributed by atoms with Gasteiger partial charge in [0.15, 0.2) is 0 Å². The summed E-state index contributed by atoms with van der Waals surface area (Å²) in [5, 5.41) is 0. The fourth-order valence-corrected chi connectivity index (χ4v) is 4.23. The van der Waals surface area contributed by atoms with Crippen LogP contribution in [-0.4, -0.2) is 66.9 Å². The van der Waals surface area contributed by atoms with Crippen LogP contribution in [0.3, 0.4) is 0 Å². The summed E-state index contributed by atoms with van der Waals surface area (Å²) in [6.45, 7) is 4.71. The zero-order valence-electron chi connectivity index (χ0n) is 16.2. The van der Waals surface area contributed by atoms with Crippen LogP contribution in [0, 0.1) is 0 Å². The van der Waals surface area contributed by atoms with Crippen LogP contribution < -0.4 is 0 Å². The molecule has 0 aliphatic heterocycles. The second kappa shape index (κ2) is 19.3. The van der Waals surface area contributed by atoms with Crippen molar-refractivity contribution in [2.75, 3.05) is 13.2 Å². The molecule has 0 aliphatic rings. The Labute approximate surface area is 169 Å². The SMILES string of the molecule is CCCCCCCC[O][Sb](=[O])([OH])[OH].CCCCCCCC[O][Sb](=[O])([OH])[OH]. The first-order chi connectivity index (χ1) is 12.1. The molecule has 0 heterocycles. The van der Waals surface area contributed by atoms with Gasteiger partial charge in [0.2, 0.25) is 0 Å². The Balaban J connectivity index is 0. The van der Waals surface area contributed by atoms with Gasteiger partial charge in [0.25, 0.3) is 0 Å². The Bertz CT molecular complexity index is 344. The second-order valence-electron chi connectivity index (χ2n) is 6.18. The van der Waals surface area contributed by atoms with E-state index in [2.05, 4.69) is 19.9 Å². The molecule has 0 fully saturated rings. The van der Waals surface area contributed by atoms with Crippen molar-refractivity contribution in [1.29, 1.82) is 0 Å². The Kier molecular flexibility index (Phi) is 21.7. The molecule has 10 heteroatoms. The molecular formula is C16H38O8Sb2. The summed E-state index contributed by atoms with van der Waals surface area (Å²) in [6.07, 6.45) is 13.1. The summed E-state index contributed by atoms with van der Waals surface area (Å²) in [7, 11) is 0. The Hall–Kier alpha value is 0.996. The van der Waals surface area contributed by atoms with Gasteiger partial charge in [-0.05, 0) is 0 Å². The average molecular weight is 602 g/mol. The van der Waals surface area contributed by atoms with Gasteiger partial charge in [-0.1, -0.05) is 0 Å². The molecule has 0 spiro atoms. The molecule has 0 aromatic heterocycles. The molecule has 0 unspecified atom stereocenters. The molecule has 4 N–H and O–H groups in total. The first-order valence-electron chi connectivity index (χ1n) is 9.52. The first-order valence-corrected chi connectivity index (χ1v) is 18.3. The van der Waals surface area contributed by atoms with Gasteiger partial charge in [-0.3, -0.25) is 0 Å². The van der Waals surface area contributed by atoms with E-state index in [-0.39, 0.29) is 13.2 Å². The van der Waals surface area contributed by atoms with Crippen LogP contribution in [0.15, 0.2) is 0 Å². The number of hydrogen-bond acceptors (Lipinski definition) is 4. The van der Waals surface area contributed by atoms with E-state index in [9.17, 15) is 6.03 Å². The Morgan fingerprint density at radius 2 is 0.808 bits per heavy atom. The minimum absolute atomic E-state index is 0.203. The maximum atomic E-state index is 10.3. The first kappa shape index (κ1) is 29.2. The molecule has 0 rings (SSSR count). The fraction of sp³-hybridized carbons (Fsp3) is 1.00. The third-order valence-corrected chi connectivity index (χ3v) is 6.48. The second-order valence-corrected chi connectivity index (χ2v) is 13.3. The van der Waals surface area contributed by atoms with Gasteiger partial charge in [-0.25, -0.2) is 0 Å². The van der Waals surface area contributed by atoms with E-state index >= 15 is 0 Å². The zero-order chi connectivity index (χ0) is 20.3. The molecule has 160 valence electrons. The van der Waals surface area contributed by atoms with Gasteiger partial charge < -0.3 is 0 Å². The van der Waals surface area contributed by atoms with E-state index in [1.165, 1.54) is 38.5 Å². The zero-order valence-corrected chi connectivity index (χ0v) is 21.3. The normalized spacial score (nSPS) is 11.9. The van der Waals surface area contributed by atoms with Crippen LogP contribution in [0.4, 0.5) is 0 Å². The van der Waals surface area contributed by atoms with Gasteiger partial charge in [0.1, 0.15) is 0 Å². The molecule has 8 nitrogen and oxygen atoms in total. The van der Waals surface area contributed by atoms with Gasteiger partial charge >= 0.3 is 170 Å². The summed E-state index contributed by atoms with van der Waals surface area (Å²) < 4.78 is 63.2. The number of rotatable bonds is 16. The van der Waals surface area contributed by atoms with Crippen LogP contribution >= 0.6 is 0 Å². The van der Waals surface area contributed by atoms with E-state index in [0.29, 0.717) is 0 Å². The molecule has 0 aliphatic carbocycles. The van der Waals surface area contributed by atoms with E-state index in [4.69, 9.17) is 13.5 Å². The van der Waals surface area contributed by atoms with Crippen molar-refractivity contribution in [3.63, 3.8) is 0 Å². The maximum absolute atomic E-state index is 10.3. The van der Waals surface area contributed by atoms with Gasteiger partial charge in [0, 0.05) is 0 Å². The standard InChI is InChI=1S/2C8H17O.4H2O.2O.2Sb/c2*1-2-3-4-5-6-7-8-9;;;;;;;;/h2*2-8H2,1H3;4*1H2;;;;/q2*-1;;;;;;;2*+3/p-4. The minimum atomic E-state index is -5.04.